The van der Waals surface area contributed by atoms with Crippen LogP contribution in [0.4, 0.5) is 0 Å². The molecule has 4 heteroatoms. The molecule has 1 aromatic rings. The lowest BCUT2D eigenvalue weighted by Crippen LogP contribution is -2.57. The van der Waals surface area contributed by atoms with E-state index in [2.05, 4.69) is 5.32 Å². The largest absolute Gasteiger partial charge is 0.338 e. The van der Waals surface area contributed by atoms with E-state index < -0.39 is 5.54 Å². The third-order valence-corrected chi connectivity index (χ3v) is 4.05. The fraction of sp³-hybridized carbons (Fsp3) is 0.533. The fourth-order valence-corrected chi connectivity index (χ4v) is 2.51. The summed E-state index contributed by atoms with van der Waals surface area (Å²) >= 11 is 0. The van der Waals surface area contributed by atoms with Crippen molar-refractivity contribution in [2.24, 2.45) is 0 Å². The summed E-state index contributed by atoms with van der Waals surface area (Å²) in [5, 5.41) is 3.28. The van der Waals surface area contributed by atoms with Crippen LogP contribution in [0.15, 0.2) is 30.3 Å². The number of nitrogens with one attached hydrogen (secondary N) is 1. The molecular weight excluding hydrogens is 238 g/mol. The highest BCUT2D eigenvalue weighted by Crippen LogP contribution is 2.28. The van der Waals surface area contributed by atoms with Crippen LogP contribution in [-0.2, 0) is 10.3 Å². The van der Waals surface area contributed by atoms with Crippen LogP contribution in [0.1, 0.15) is 12.5 Å². The number of hydrogen-bond acceptors (Lipinski definition) is 3. The smallest absolute Gasteiger partial charge is 0.247 e. The lowest BCUT2D eigenvalue weighted by atomic mass is 9.89. The first kappa shape index (κ1) is 14.0. The molecule has 104 valence electrons. The Bertz CT molecular complexity index is 426. The van der Waals surface area contributed by atoms with E-state index in [9.17, 15) is 4.79 Å². The maximum absolute atomic E-state index is 12.9. The van der Waals surface area contributed by atoms with Gasteiger partial charge in [-0.25, -0.2) is 0 Å². The molecule has 19 heavy (non-hydrogen) atoms. The standard InChI is InChI=1S/C15H23N3O/c1-15(17(2)3,13-7-5-4-6-8-13)14(19)18-11-9-16-10-12-18/h4-8,16H,9-12H2,1-3H3. The Kier molecular flexibility index (Phi) is 4.22. The minimum Gasteiger partial charge on any atom is -0.338 e. The number of carbonyl (C=O) groups excluding carboxylic acids is 1. The van der Waals surface area contributed by atoms with Crippen molar-refractivity contribution in [3.8, 4) is 0 Å². The molecule has 0 spiro atoms. The summed E-state index contributed by atoms with van der Waals surface area (Å²) in [5.74, 6) is 0.185. The SMILES string of the molecule is CN(C)C(C)(C(=O)N1CCNCC1)c1ccccc1. The van der Waals surface area contributed by atoms with Crippen molar-refractivity contribution >= 4 is 5.91 Å². The topological polar surface area (TPSA) is 35.6 Å². The zero-order valence-corrected chi connectivity index (χ0v) is 12.0. The number of benzene rings is 1. The third-order valence-electron chi connectivity index (χ3n) is 4.05. The van der Waals surface area contributed by atoms with E-state index >= 15 is 0 Å². The van der Waals surface area contributed by atoms with Gasteiger partial charge in [-0.15, -0.1) is 0 Å². The van der Waals surface area contributed by atoms with Crippen LogP contribution in [0.25, 0.3) is 0 Å². The van der Waals surface area contributed by atoms with Crippen LogP contribution in [0.3, 0.4) is 0 Å². The average Bonchev–Trinajstić information content (AvgIpc) is 2.47. The maximum atomic E-state index is 12.9. The molecule has 0 radical (unpaired) electrons. The van der Waals surface area contributed by atoms with Gasteiger partial charge in [0.05, 0.1) is 0 Å². The van der Waals surface area contributed by atoms with Gasteiger partial charge in [0, 0.05) is 26.2 Å². The second kappa shape index (κ2) is 5.72. The van der Waals surface area contributed by atoms with Crippen LogP contribution in [0.5, 0.6) is 0 Å². The predicted octanol–water partition coefficient (Wildman–Crippen LogP) is 0.895. The van der Waals surface area contributed by atoms with Crippen LogP contribution in [0.2, 0.25) is 0 Å². The Hall–Kier alpha value is -1.39. The minimum atomic E-state index is -0.599. The van der Waals surface area contributed by atoms with Gasteiger partial charge in [0.1, 0.15) is 5.54 Å². The Morgan fingerprint density at radius 3 is 2.32 bits per heavy atom. The van der Waals surface area contributed by atoms with Crippen LogP contribution in [0, 0.1) is 0 Å². The number of nitrogens with zero attached hydrogens (tertiary/aromatic N) is 2. The molecule has 1 heterocycles. The van der Waals surface area contributed by atoms with Gasteiger partial charge in [-0.1, -0.05) is 30.3 Å². The molecule has 1 amide bonds. The number of likely N-dealkylation sites (N-methyl/N-ethyl adjacent to an activating group) is 1. The van der Waals surface area contributed by atoms with E-state index in [1.54, 1.807) is 0 Å². The highest BCUT2D eigenvalue weighted by molar-refractivity contribution is 5.87. The molecule has 1 unspecified atom stereocenters. The summed E-state index contributed by atoms with van der Waals surface area (Å²) in [6, 6.07) is 10.0. The number of amides is 1. The average molecular weight is 261 g/mol. The van der Waals surface area contributed by atoms with Gasteiger partial charge < -0.3 is 10.2 Å². The molecular formula is C15H23N3O. The zero-order valence-electron chi connectivity index (χ0n) is 12.0. The number of carbonyl (C=O) groups is 1. The lowest BCUT2D eigenvalue weighted by molar-refractivity contribution is -0.143. The number of hydrogen-bond donors (Lipinski definition) is 1. The number of piperazine rings is 1. The predicted molar refractivity (Wildman–Crippen MR) is 76.9 cm³/mol. The minimum absolute atomic E-state index is 0.185. The van der Waals surface area contributed by atoms with Gasteiger partial charge in [0.2, 0.25) is 5.91 Å². The first-order valence-electron chi connectivity index (χ1n) is 6.80. The third kappa shape index (κ3) is 2.65. The van der Waals surface area contributed by atoms with Crippen molar-refractivity contribution in [2.45, 2.75) is 12.5 Å². The number of rotatable bonds is 3. The van der Waals surface area contributed by atoms with Crippen molar-refractivity contribution in [3.05, 3.63) is 35.9 Å². The molecule has 1 N–H and O–H groups in total. The summed E-state index contributed by atoms with van der Waals surface area (Å²) in [4.78, 5) is 16.9. The Balaban J connectivity index is 2.31. The molecule has 0 saturated carbocycles. The molecule has 1 saturated heterocycles. The fourth-order valence-electron chi connectivity index (χ4n) is 2.51. The van der Waals surface area contributed by atoms with Crippen molar-refractivity contribution in [3.63, 3.8) is 0 Å². The second-order valence-electron chi connectivity index (χ2n) is 5.37. The van der Waals surface area contributed by atoms with E-state index in [0.717, 1.165) is 31.7 Å². The van der Waals surface area contributed by atoms with Gasteiger partial charge in [-0.05, 0) is 26.6 Å². The molecule has 1 atom stereocenters. The Labute approximate surface area is 115 Å². The van der Waals surface area contributed by atoms with E-state index in [4.69, 9.17) is 0 Å². The zero-order chi connectivity index (χ0) is 13.9. The maximum Gasteiger partial charge on any atom is 0.247 e. The summed E-state index contributed by atoms with van der Waals surface area (Å²) in [6.45, 7) is 5.34. The van der Waals surface area contributed by atoms with Gasteiger partial charge in [0.15, 0.2) is 0 Å². The molecule has 2 rings (SSSR count). The van der Waals surface area contributed by atoms with Crippen molar-refractivity contribution < 1.29 is 4.79 Å². The first-order valence-corrected chi connectivity index (χ1v) is 6.80. The highest BCUT2D eigenvalue weighted by atomic mass is 16.2. The van der Waals surface area contributed by atoms with Crippen LogP contribution in [-0.4, -0.2) is 56.0 Å². The second-order valence-corrected chi connectivity index (χ2v) is 5.37. The van der Waals surface area contributed by atoms with Crippen LogP contribution >= 0.6 is 0 Å². The van der Waals surface area contributed by atoms with Gasteiger partial charge >= 0.3 is 0 Å². The van der Waals surface area contributed by atoms with E-state index in [0.29, 0.717) is 0 Å². The van der Waals surface area contributed by atoms with E-state index in [1.165, 1.54) is 0 Å². The molecule has 1 aromatic carbocycles. The van der Waals surface area contributed by atoms with Crippen LogP contribution < -0.4 is 5.32 Å². The highest BCUT2D eigenvalue weighted by Gasteiger charge is 2.40. The molecule has 0 bridgehead atoms. The van der Waals surface area contributed by atoms with E-state index in [1.807, 2.05) is 61.2 Å². The molecule has 1 aliphatic heterocycles. The molecule has 0 aliphatic carbocycles. The molecule has 0 aromatic heterocycles. The quantitative estimate of drug-likeness (QED) is 0.878. The molecule has 1 fully saturated rings. The van der Waals surface area contributed by atoms with Gasteiger partial charge in [-0.3, -0.25) is 9.69 Å². The van der Waals surface area contributed by atoms with E-state index in [-0.39, 0.29) is 5.91 Å². The molecule has 4 nitrogen and oxygen atoms in total. The summed E-state index contributed by atoms with van der Waals surface area (Å²) in [5.41, 5.74) is 0.446. The van der Waals surface area contributed by atoms with Gasteiger partial charge in [-0.2, -0.15) is 0 Å². The monoisotopic (exact) mass is 261 g/mol. The summed E-state index contributed by atoms with van der Waals surface area (Å²) in [6.07, 6.45) is 0. The van der Waals surface area contributed by atoms with Gasteiger partial charge in [0.25, 0.3) is 0 Å². The lowest BCUT2D eigenvalue weighted by Gasteiger charge is -2.41. The van der Waals surface area contributed by atoms with Crippen molar-refractivity contribution in [1.29, 1.82) is 0 Å². The summed E-state index contributed by atoms with van der Waals surface area (Å²) in [7, 11) is 3.93. The Morgan fingerprint density at radius 2 is 1.79 bits per heavy atom. The normalized spacial score (nSPS) is 19.3. The summed E-state index contributed by atoms with van der Waals surface area (Å²) < 4.78 is 0. The van der Waals surface area contributed by atoms with Crippen molar-refractivity contribution in [1.82, 2.24) is 15.1 Å². The molecule has 1 aliphatic rings. The first-order chi connectivity index (χ1) is 9.06. The van der Waals surface area contributed by atoms with Crippen molar-refractivity contribution in [2.75, 3.05) is 40.3 Å². The Morgan fingerprint density at radius 1 is 1.21 bits per heavy atom.